The van der Waals surface area contributed by atoms with Gasteiger partial charge in [-0.3, -0.25) is 4.79 Å². The van der Waals surface area contributed by atoms with Crippen LogP contribution in [0.15, 0.2) is 18.3 Å². The average molecular weight is 283 g/mol. The summed E-state index contributed by atoms with van der Waals surface area (Å²) in [5.74, 6) is -1.03. The zero-order valence-electron chi connectivity index (χ0n) is 11.7. The van der Waals surface area contributed by atoms with Crippen LogP contribution in [-0.4, -0.2) is 35.7 Å². The number of carbonyl (C=O) groups excluding carboxylic acids is 2. The quantitative estimate of drug-likeness (QED) is 0.648. The molecule has 2 N–H and O–H groups in total. The van der Waals surface area contributed by atoms with Gasteiger partial charge in [-0.05, 0) is 32.9 Å². The number of rotatable bonds is 4. The Kier molecular flexibility index (Phi) is 5.42. The Labute approximate surface area is 116 Å². The molecule has 0 saturated heterocycles. The first kappa shape index (κ1) is 15.9. The Morgan fingerprint density at radius 1 is 1.25 bits per heavy atom. The van der Waals surface area contributed by atoms with Gasteiger partial charge in [0.25, 0.3) is 5.91 Å². The molecule has 0 radical (unpaired) electrons. The summed E-state index contributed by atoms with van der Waals surface area (Å²) in [7, 11) is 0. The number of aromatic nitrogens is 1. The van der Waals surface area contributed by atoms with Crippen molar-refractivity contribution < 1.29 is 18.7 Å². The van der Waals surface area contributed by atoms with Crippen LogP contribution in [0.5, 0.6) is 0 Å². The third-order valence-corrected chi connectivity index (χ3v) is 2.07. The molecular weight excluding hydrogens is 265 g/mol. The lowest BCUT2D eigenvalue weighted by atomic mass is 10.2. The monoisotopic (exact) mass is 283 g/mol. The van der Waals surface area contributed by atoms with Crippen molar-refractivity contribution in [2.24, 2.45) is 0 Å². The van der Waals surface area contributed by atoms with Crippen molar-refractivity contribution in [2.75, 3.05) is 13.1 Å². The van der Waals surface area contributed by atoms with Gasteiger partial charge in [-0.2, -0.15) is 4.39 Å². The number of amides is 2. The Morgan fingerprint density at radius 3 is 2.45 bits per heavy atom. The third-order valence-electron chi connectivity index (χ3n) is 2.07. The van der Waals surface area contributed by atoms with Crippen LogP contribution in [0, 0.1) is 5.95 Å². The fraction of sp³-hybridized carbons (Fsp3) is 0.462. The number of ether oxygens (including phenoxy) is 1. The summed E-state index contributed by atoms with van der Waals surface area (Å²) in [6, 6.07) is 2.44. The van der Waals surface area contributed by atoms with Crippen LogP contribution in [0.2, 0.25) is 0 Å². The molecule has 0 aliphatic heterocycles. The van der Waals surface area contributed by atoms with E-state index in [2.05, 4.69) is 15.6 Å². The van der Waals surface area contributed by atoms with Gasteiger partial charge in [0, 0.05) is 19.3 Å². The van der Waals surface area contributed by atoms with E-state index in [1.54, 1.807) is 20.8 Å². The second-order valence-corrected chi connectivity index (χ2v) is 5.05. The lowest BCUT2D eigenvalue weighted by Crippen LogP contribution is -2.37. The molecule has 0 aliphatic rings. The van der Waals surface area contributed by atoms with Crippen LogP contribution in [-0.2, 0) is 4.74 Å². The molecule has 1 heterocycles. The predicted molar refractivity (Wildman–Crippen MR) is 70.8 cm³/mol. The number of carbonyl (C=O) groups is 2. The number of nitrogens with zero attached hydrogens (tertiary/aromatic N) is 1. The van der Waals surface area contributed by atoms with Crippen LogP contribution in [0.3, 0.4) is 0 Å². The van der Waals surface area contributed by atoms with E-state index in [1.807, 2.05) is 0 Å². The smallest absolute Gasteiger partial charge is 0.407 e. The van der Waals surface area contributed by atoms with Crippen LogP contribution >= 0.6 is 0 Å². The lowest BCUT2D eigenvalue weighted by Gasteiger charge is -2.19. The maximum absolute atomic E-state index is 12.6. The first-order valence-corrected chi connectivity index (χ1v) is 6.14. The van der Waals surface area contributed by atoms with Gasteiger partial charge in [0.15, 0.2) is 0 Å². The summed E-state index contributed by atoms with van der Waals surface area (Å²) in [6.07, 6.45) is 0.599. The molecule has 0 aliphatic carbocycles. The molecular formula is C13H18FN3O3. The summed E-state index contributed by atoms with van der Waals surface area (Å²) in [5, 5.41) is 5.07. The van der Waals surface area contributed by atoms with E-state index in [0.29, 0.717) is 0 Å². The summed E-state index contributed by atoms with van der Waals surface area (Å²) in [6.45, 7) is 5.74. The fourth-order valence-electron chi connectivity index (χ4n) is 1.27. The van der Waals surface area contributed by atoms with E-state index in [9.17, 15) is 14.0 Å². The lowest BCUT2D eigenvalue weighted by molar-refractivity contribution is 0.0526. The Balaban J connectivity index is 2.26. The number of halogens is 1. The Morgan fingerprint density at radius 2 is 1.90 bits per heavy atom. The maximum atomic E-state index is 12.6. The number of alkyl carbamates (subject to hydrolysis) is 1. The predicted octanol–water partition coefficient (Wildman–Crippen LogP) is 1.48. The van der Waals surface area contributed by atoms with Crippen molar-refractivity contribution in [3.63, 3.8) is 0 Å². The largest absolute Gasteiger partial charge is 0.444 e. The minimum Gasteiger partial charge on any atom is -0.444 e. The van der Waals surface area contributed by atoms with Crippen molar-refractivity contribution in [2.45, 2.75) is 26.4 Å². The second-order valence-electron chi connectivity index (χ2n) is 5.05. The molecule has 0 bridgehead atoms. The SMILES string of the molecule is CC(C)(C)OC(=O)NCCNC(=O)c1ccc(F)nc1. The van der Waals surface area contributed by atoms with E-state index >= 15 is 0 Å². The fourth-order valence-corrected chi connectivity index (χ4v) is 1.27. The molecule has 1 rings (SSSR count). The highest BCUT2D eigenvalue weighted by atomic mass is 19.1. The van der Waals surface area contributed by atoms with Gasteiger partial charge in [0.2, 0.25) is 5.95 Å². The van der Waals surface area contributed by atoms with E-state index in [0.717, 1.165) is 12.3 Å². The molecule has 0 spiro atoms. The van der Waals surface area contributed by atoms with E-state index in [1.165, 1.54) is 6.07 Å². The Bertz CT molecular complexity index is 469. The van der Waals surface area contributed by atoms with Crippen molar-refractivity contribution >= 4 is 12.0 Å². The number of hydrogen-bond donors (Lipinski definition) is 2. The molecule has 110 valence electrons. The molecule has 1 aromatic rings. The molecule has 6 nitrogen and oxygen atoms in total. The molecule has 0 atom stereocenters. The van der Waals surface area contributed by atoms with Crippen LogP contribution in [0.4, 0.5) is 9.18 Å². The van der Waals surface area contributed by atoms with Gasteiger partial charge in [-0.1, -0.05) is 0 Å². The van der Waals surface area contributed by atoms with E-state index in [4.69, 9.17) is 4.74 Å². The highest BCUT2D eigenvalue weighted by Gasteiger charge is 2.15. The molecule has 7 heteroatoms. The Hall–Kier alpha value is -2.18. The first-order valence-electron chi connectivity index (χ1n) is 6.14. The third kappa shape index (κ3) is 6.12. The van der Waals surface area contributed by atoms with Gasteiger partial charge in [0.05, 0.1) is 5.56 Å². The van der Waals surface area contributed by atoms with Gasteiger partial charge >= 0.3 is 6.09 Å². The second kappa shape index (κ2) is 6.83. The minimum atomic E-state index is -0.645. The van der Waals surface area contributed by atoms with E-state index in [-0.39, 0.29) is 24.6 Å². The molecule has 1 aromatic heterocycles. The van der Waals surface area contributed by atoms with Crippen LogP contribution in [0.25, 0.3) is 0 Å². The number of pyridine rings is 1. The van der Waals surface area contributed by atoms with E-state index < -0.39 is 17.6 Å². The maximum Gasteiger partial charge on any atom is 0.407 e. The molecule has 20 heavy (non-hydrogen) atoms. The number of hydrogen-bond acceptors (Lipinski definition) is 4. The van der Waals surface area contributed by atoms with Crippen LogP contribution in [0.1, 0.15) is 31.1 Å². The summed E-state index contributed by atoms with van der Waals surface area (Å²) >= 11 is 0. The minimum absolute atomic E-state index is 0.231. The van der Waals surface area contributed by atoms with Crippen molar-refractivity contribution in [3.05, 3.63) is 29.8 Å². The zero-order chi connectivity index (χ0) is 15.2. The molecule has 0 fully saturated rings. The van der Waals surface area contributed by atoms with Gasteiger partial charge in [-0.25, -0.2) is 9.78 Å². The molecule has 0 aromatic carbocycles. The highest BCUT2D eigenvalue weighted by Crippen LogP contribution is 2.06. The van der Waals surface area contributed by atoms with Gasteiger partial charge < -0.3 is 15.4 Å². The normalized spacial score (nSPS) is 10.8. The van der Waals surface area contributed by atoms with Crippen molar-refractivity contribution in [1.29, 1.82) is 0 Å². The van der Waals surface area contributed by atoms with Crippen LogP contribution < -0.4 is 10.6 Å². The summed E-state index contributed by atoms with van der Waals surface area (Å²) in [4.78, 5) is 26.3. The molecule has 0 saturated carbocycles. The summed E-state index contributed by atoms with van der Waals surface area (Å²) in [5.41, 5.74) is -0.309. The van der Waals surface area contributed by atoms with Gasteiger partial charge in [-0.15, -0.1) is 0 Å². The average Bonchev–Trinajstić information content (AvgIpc) is 2.33. The highest BCUT2D eigenvalue weighted by molar-refractivity contribution is 5.93. The first-order chi connectivity index (χ1) is 9.28. The van der Waals surface area contributed by atoms with Gasteiger partial charge in [0.1, 0.15) is 5.60 Å². The van der Waals surface area contributed by atoms with Crippen molar-refractivity contribution in [3.8, 4) is 0 Å². The zero-order valence-corrected chi connectivity index (χ0v) is 11.7. The molecule has 0 unspecified atom stereocenters. The topological polar surface area (TPSA) is 80.3 Å². The number of nitrogens with one attached hydrogen (secondary N) is 2. The summed E-state index contributed by atoms with van der Waals surface area (Å²) < 4.78 is 17.6. The standard InChI is InChI=1S/C13H18FN3O3/c1-13(2,3)20-12(19)16-7-6-15-11(18)9-4-5-10(14)17-8-9/h4-5,8H,6-7H2,1-3H3,(H,15,18)(H,16,19). The molecule has 2 amide bonds. The van der Waals surface area contributed by atoms with Crippen molar-refractivity contribution in [1.82, 2.24) is 15.6 Å².